The molecular weight excluding hydrogens is 365 g/mol. The van der Waals surface area contributed by atoms with Gasteiger partial charge in [-0.05, 0) is 45.3 Å². The normalized spacial score (nSPS) is 11.7. The first-order valence-corrected chi connectivity index (χ1v) is 7.67. The fourth-order valence-corrected chi connectivity index (χ4v) is 2.46. The van der Waals surface area contributed by atoms with Crippen LogP contribution in [0.3, 0.4) is 0 Å². The maximum Gasteiger partial charge on any atom is 0.240 e. The quantitative estimate of drug-likeness (QED) is 0.749. The minimum Gasteiger partial charge on any atom is -0.368 e. The van der Waals surface area contributed by atoms with Crippen molar-refractivity contribution in [3.05, 3.63) is 64.1 Å². The molecule has 0 spiro atoms. The first-order chi connectivity index (χ1) is 11.0. The Bertz CT molecular complexity index is 707. The highest BCUT2D eigenvalue weighted by Gasteiger charge is 2.20. The number of aromatic nitrogens is 1. The molecule has 0 radical (unpaired) electrons. The second-order valence-electron chi connectivity index (χ2n) is 4.98. The van der Waals surface area contributed by atoms with Gasteiger partial charge in [-0.2, -0.15) is 0 Å². The zero-order valence-corrected chi connectivity index (χ0v) is 13.7. The summed E-state index contributed by atoms with van der Waals surface area (Å²) in [5, 5.41) is 2.60. The molecule has 23 heavy (non-hydrogen) atoms. The van der Waals surface area contributed by atoms with Crippen LogP contribution >= 0.6 is 15.9 Å². The number of nitrogens with two attached hydrogens (primary N) is 1. The van der Waals surface area contributed by atoms with Gasteiger partial charge in [0.1, 0.15) is 16.5 Å². The zero-order chi connectivity index (χ0) is 16.8. The molecule has 0 saturated heterocycles. The van der Waals surface area contributed by atoms with Crippen LogP contribution < -0.4 is 11.1 Å². The molecule has 2 rings (SSSR count). The summed E-state index contributed by atoms with van der Waals surface area (Å²) in [4.78, 5) is 27.7. The van der Waals surface area contributed by atoms with Crippen LogP contribution in [0.15, 0.2) is 47.2 Å². The van der Waals surface area contributed by atoms with E-state index in [-0.39, 0.29) is 24.6 Å². The number of benzene rings is 1. The number of amides is 2. The average molecular weight is 380 g/mol. The second-order valence-corrected chi connectivity index (χ2v) is 5.73. The molecule has 0 aliphatic rings. The summed E-state index contributed by atoms with van der Waals surface area (Å²) in [6, 6.07) is 8.28. The SMILES string of the molecule is NC(=O)[C@H](Cc1cccnc1Br)NC(=O)Cc1ccc(F)cc1. The molecule has 0 saturated carbocycles. The number of carbonyl (C=O) groups excluding carboxylic acids is 2. The van der Waals surface area contributed by atoms with Crippen molar-refractivity contribution in [1.82, 2.24) is 10.3 Å². The summed E-state index contributed by atoms with van der Waals surface area (Å²) in [6.45, 7) is 0. The lowest BCUT2D eigenvalue weighted by Gasteiger charge is -2.16. The van der Waals surface area contributed by atoms with E-state index in [4.69, 9.17) is 5.73 Å². The van der Waals surface area contributed by atoms with Crippen molar-refractivity contribution in [2.45, 2.75) is 18.9 Å². The first kappa shape index (κ1) is 17.1. The van der Waals surface area contributed by atoms with Crippen LogP contribution in [0, 0.1) is 5.82 Å². The number of pyridine rings is 1. The minimum atomic E-state index is -0.844. The Hall–Kier alpha value is -2.28. The van der Waals surface area contributed by atoms with E-state index in [2.05, 4.69) is 26.2 Å². The number of hydrogen-bond donors (Lipinski definition) is 2. The third-order valence-electron chi connectivity index (χ3n) is 3.22. The lowest BCUT2D eigenvalue weighted by atomic mass is 10.1. The zero-order valence-electron chi connectivity index (χ0n) is 12.1. The third-order valence-corrected chi connectivity index (χ3v) is 3.93. The van der Waals surface area contributed by atoms with Gasteiger partial charge in [0.2, 0.25) is 11.8 Å². The molecule has 1 aromatic heterocycles. The Morgan fingerprint density at radius 2 is 1.96 bits per heavy atom. The largest absolute Gasteiger partial charge is 0.368 e. The van der Waals surface area contributed by atoms with Crippen molar-refractivity contribution >= 4 is 27.7 Å². The van der Waals surface area contributed by atoms with E-state index in [1.165, 1.54) is 24.3 Å². The number of rotatable bonds is 6. The molecule has 3 N–H and O–H groups in total. The topological polar surface area (TPSA) is 85.1 Å². The predicted octanol–water partition coefficient (Wildman–Crippen LogP) is 1.74. The summed E-state index contributed by atoms with van der Waals surface area (Å²) in [6.07, 6.45) is 1.89. The van der Waals surface area contributed by atoms with Crippen molar-refractivity contribution in [2.75, 3.05) is 0 Å². The van der Waals surface area contributed by atoms with Crippen LogP contribution in [-0.2, 0) is 22.4 Å². The van der Waals surface area contributed by atoms with Gasteiger partial charge < -0.3 is 11.1 Å². The van der Waals surface area contributed by atoms with E-state index in [1.807, 2.05) is 0 Å². The second kappa shape index (κ2) is 7.82. The van der Waals surface area contributed by atoms with Crippen LogP contribution in [0.4, 0.5) is 4.39 Å². The molecule has 2 aromatic rings. The van der Waals surface area contributed by atoms with Crippen LogP contribution in [0.2, 0.25) is 0 Å². The number of nitrogens with zero attached hydrogens (tertiary/aromatic N) is 1. The lowest BCUT2D eigenvalue weighted by molar-refractivity contribution is -0.127. The molecule has 0 bridgehead atoms. The molecule has 7 heteroatoms. The van der Waals surface area contributed by atoms with E-state index in [9.17, 15) is 14.0 Å². The molecule has 0 aliphatic carbocycles. The van der Waals surface area contributed by atoms with Gasteiger partial charge in [0, 0.05) is 12.6 Å². The van der Waals surface area contributed by atoms with E-state index in [0.29, 0.717) is 10.2 Å². The van der Waals surface area contributed by atoms with Gasteiger partial charge in [0.05, 0.1) is 6.42 Å². The fraction of sp³-hybridized carbons (Fsp3) is 0.188. The van der Waals surface area contributed by atoms with Gasteiger partial charge in [0.25, 0.3) is 0 Å². The smallest absolute Gasteiger partial charge is 0.240 e. The Morgan fingerprint density at radius 3 is 2.57 bits per heavy atom. The molecule has 120 valence electrons. The Kier molecular flexibility index (Phi) is 5.81. The first-order valence-electron chi connectivity index (χ1n) is 6.88. The van der Waals surface area contributed by atoms with Crippen molar-refractivity contribution in [1.29, 1.82) is 0 Å². The third kappa shape index (κ3) is 5.14. The Morgan fingerprint density at radius 1 is 1.26 bits per heavy atom. The Labute approximate surface area is 141 Å². The molecule has 1 atom stereocenters. The predicted molar refractivity (Wildman–Crippen MR) is 86.9 cm³/mol. The summed E-state index contributed by atoms with van der Waals surface area (Å²) < 4.78 is 13.4. The maximum absolute atomic E-state index is 12.8. The summed E-state index contributed by atoms with van der Waals surface area (Å²) in [5.41, 5.74) is 6.77. The number of halogens is 2. The maximum atomic E-state index is 12.8. The summed E-state index contributed by atoms with van der Waals surface area (Å²) in [7, 11) is 0. The number of hydrogen-bond acceptors (Lipinski definition) is 3. The number of carbonyl (C=O) groups is 2. The van der Waals surface area contributed by atoms with E-state index in [1.54, 1.807) is 18.3 Å². The molecule has 5 nitrogen and oxygen atoms in total. The van der Waals surface area contributed by atoms with Crippen molar-refractivity contribution < 1.29 is 14.0 Å². The lowest BCUT2D eigenvalue weighted by Crippen LogP contribution is -2.46. The van der Waals surface area contributed by atoms with E-state index >= 15 is 0 Å². The van der Waals surface area contributed by atoms with Crippen LogP contribution in [-0.4, -0.2) is 22.8 Å². The fourth-order valence-electron chi connectivity index (χ4n) is 2.05. The van der Waals surface area contributed by atoms with Gasteiger partial charge in [-0.25, -0.2) is 9.37 Å². The molecule has 1 aromatic carbocycles. The van der Waals surface area contributed by atoms with Gasteiger partial charge in [-0.3, -0.25) is 9.59 Å². The van der Waals surface area contributed by atoms with Gasteiger partial charge in [0.15, 0.2) is 0 Å². The highest BCUT2D eigenvalue weighted by molar-refractivity contribution is 9.10. The van der Waals surface area contributed by atoms with Gasteiger partial charge in [-0.15, -0.1) is 0 Å². The van der Waals surface area contributed by atoms with Crippen molar-refractivity contribution in [3.8, 4) is 0 Å². The number of nitrogens with one attached hydrogen (secondary N) is 1. The molecular formula is C16H15BrFN3O2. The standard InChI is InChI=1S/C16H15BrFN3O2/c17-15-11(2-1-7-20-15)9-13(16(19)23)21-14(22)8-10-3-5-12(18)6-4-10/h1-7,13H,8-9H2,(H2,19,23)(H,21,22)/t13-/m0/s1. The molecule has 2 amide bonds. The molecule has 1 heterocycles. The monoisotopic (exact) mass is 379 g/mol. The van der Waals surface area contributed by atoms with Crippen LogP contribution in [0.25, 0.3) is 0 Å². The number of primary amides is 1. The van der Waals surface area contributed by atoms with Crippen LogP contribution in [0.5, 0.6) is 0 Å². The minimum absolute atomic E-state index is 0.0399. The average Bonchev–Trinajstić information content (AvgIpc) is 2.51. The van der Waals surface area contributed by atoms with Crippen molar-refractivity contribution in [3.63, 3.8) is 0 Å². The summed E-state index contributed by atoms with van der Waals surface area (Å²) >= 11 is 3.29. The highest BCUT2D eigenvalue weighted by atomic mass is 79.9. The van der Waals surface area contributed by atoms with Crippen molar-refractivity contribution in [2.24, 2.45) is 5.73 Å². The molecule has 0 aliphatic heterocycles. The summed E-state index contributed by atoms with van der Waals surface area (Å²) in [5.74, 6) is -1.36. The van der Waals surface area contributed by atoms with Gasteiger partial charge in [-0.1, -0.05) is 18.2 Å². The van der Waals surface area contributed by atoms with E-state index in [0.717, 1.165) is 5.56 Å². The van der Waals surface area contributed by atoms with Gasteiger partial charge >= 0.3 is 0 Å². The van der Waals surface area contributed by atoms with Crippen LogP contribution in [0.1, 0.15) is 11.1 Å². The van der Waals surface area contributed by atoms with E-state index < -0.39 is 11.9 Å². The molecule has 0 fully saturated rings. The molecule has 0 unspecified atom stereocenters. The Balaban J connectivity index is 2.01. The highest BCUT2D eigenvalue weighted by Crippen LogP contribution is 2.14.